The molecular formula is C20H20ClN3O5S. The zero-order chi connectivity index (χ0) is 21.3. The number of urea groups is 1. The summed E-state index contributed by atoms with van der Waals surface area (Å²) in [5, 5.41) is 2.96. The minimum atomic E-state index is -3.69. The second kappa shape index (κ2) is 8.25. The number of nitrogens with zero attached hydrogens (tertiary/aromatic N) is 2. The maximum atomic E-state index is 13.0. The predicted octanol–water partition coefficient (Wildman–Crippen LogP) is 2.84. The van der Waals surface area contributed by atoms with Crippen LogP contribution in [0.5, 0.6) is 11.5 Å². The van der Waals surface area contributed by atoms with Gasteiger partial charge in [0, 0.05) is 19.1 Å². The standard InChI is InChI=1S/C20H20ClN3O5S/c21-17-3-1-2-4-18(17)29-15-5-7-16(8-6-15)30(27,28)23-11-9-14(10-12-23)24-19(25)13-22-20(24)26/h1-8,14H,9-13H2,(H,22,26). The number of sulfonamides is 1. The largest absolute Gasteiger partial charge is 0.456 e. The highest BCUT2D eigenvalue weighted by Gasteiger charge is 2.38. The molecule has 2 aliphatic heterocycles. The Morgan fingerprint density at radius 3 is 2.27 bits per heavy atom. The zero-order valence-corrected chi connectivity index (χ0v) is 17.5. The number of rotatable bonds is 5. The molecule has 3 amide bonds. The van der Waals surface area contributed by atoms with Crippen LogP contribution in [-0.4, -0.2) is 55.2 Å². The third-order valence-corrected chi connectivity index (χ3v) is 7.42. The molecule has 2 aromatic carbocycles. The highest BCUT2D eigenvalue weighted by atomic mass is 35.5. The number of piperidine rings is 1. The monoisotopic (exact) mass is 449 g/mol. The summed E-state index contributed by atoms with van der Waals surface area (Å²) in [6, 6.07) is 12.5. The van der Waals surface area contributed by atoms with E-state index in [0.717, 1.165) is 0 Å². The van der Waals surface area contributed by atoms with Crippen molar-refractivity contribution >= 4 is 33.6 Å². The van der Waals surface area contributed by atoms with Gasteiger partial charge in [-0.15, -0.1) is 0 Å². The molecule has 2 heterocycles. The second-order valence-corrected chi connectivity index (χ2v) is 9.41. The molecule has 30 heavy (non-hydrogen) atoms. The van der Waals surface area contributed by atoms with Gasteiger partial charge in [0.1, 0.15) is 11.5 Å². The molecule has 158 valence electrons. The first-order valence-electron chi connectivity index (χ1n) is 9.49. The normalized spacial score (nSPS) is 18.5. The fourth-order valence-electron chi connectivity index (χ4n) is 3.63. The minimum absolute atomic E-state index is 0.0000403. The van der Waals surface area contributed by atoms with Crippen LogP contribution in [0.1, 0.15) is 12.8 Å². The van der Waals surface area contributed by atoms with Crippen LogP contribution in [0.3, 0.4) is 0 Å². The minimum Gasteiger partial charge on any atom is -0.456 e. The summed E-state index contributed by atoms with van der Waals surface area (Å²) in [5.41, 5.74) is 0. The molecule has 1 N–H and O–H groups in total. The van der Waals surface area contributed by atoms with Crippen LogP contribution in [0.15, 0.2) is 53.4 Å². The van der Waals surface area contributed by atoms with Gasteiger partial charge in [0.25, 0.3) is 0 Å². The third kappa shape index (κ3) is 4.00. The van der Waals surface area contributed by atoms with Gasteiger partial charge < -0.3 is 10.1 Å². The summed E-state index contributed by atoms with van der Waals surface area (Å²) < 4.78 is 33.0. The first kappa shape index (κ1) is 20.6. The van der Waals surface area contributed by atoms with E-state index < -0.39 is 16.1 Å². The third-order valence-electron chi connectivity index (χ3n) is 5.19. The zero-order valence-electron chi connectivity index (χ0n) is 16.0. The maximum Gasteiger partial charge on any atom is 0.324 e. The van der Waals surface area contributed by atoms with E-state index in [4.69, 9.17) is 16.3 Å². The van der Waals surface area contributed by atoms with Gasteiger partial charge in [0.15, 0.2) is 0 Å². The lowest BCUT2D eigenvalue weighted by Gasteiger charge is -2.34. The van der Waals surface area contributed by atoms with Crippen molar-refractivity contribution < 1.29 is 22.7 Å². The van der Waals surface area contributed by atoms with Crippen LogP contribution in [0.4, 0.5) is 4.79 Å². The number of para-hydroxylation sites is 1. The average Bonchev–Trinajstić information content (AvgIpc) is 3.08. The van der Waals surface area contributed by atoms with Crippen LogP contribution in [0.2, 0.25) is 5.02 Å². The van der Waals surface area contributed by atoms with Crippen LogP contribution in [-0.2, 0) is 14.8 Å². The summed E-state index contributed by atoms with van der Waals surface area (Å²) >= 11 is 6.08. The molecule has 0 spiro atoms. The van der Waals surface area contributed by atoms with E-state index in [2.05, 4.69) is 5.32 Å². The Morgan fingerprint density at radius 2 is 1.67 bits per heavy atom. The molecule has 0 bridgehead atoms. The predicted molar refractivity (Wildman–Crippen MR) is 110 cm³/mol. The lowest BCUT2D eigenvalue weighted by Crippen LogP contribution is -2.48. The van der Waals surface area contributed by atoms with Crippen molar-refractivity contribution in [1.29, 1.82) is 0 Å². The van der Waals surface area contributed by atoms with Crippen molar-refractivity contribution in [3.63, 3.8) is 0 Å². The highest BCUT2D eigenvalue weighted by molar-refractivity contribution is 7.89. The van der Waals surface area contributed by atoms with Crippen LogP contribution in [0.25, 0.3) is 0 Å². The Hall–Kier alpha value is -2.62. The average molecular weight is 450 g/mol. The van der Waals surface area contributed by atoms with Gasteiger partial charge in [-0.05, 0) is 49.2 Å². The summed E-state index contributed by atoms with van der Waals surface area (Å²) in [7, 11) is -3.69. The van der Waals surface area contributed by atoms with Crippen LogP contribution >= 0.6 is 11.6 Å². The fourth-order valence-corrected chi connectivity index (χ4v) is 5.27. The molecule has 2 fully saturated rings. The van der Waals surface area contributed by atoms with Crippen LogP contribution < -0.4 is 10.1 Å². The first-order chi connectivity index (χ1) is 14.4. The number of carbonyl (C=O) groups is 2. The number of hydrogen-bond acceptors (Lipinski definition) is 5. The number of halogens is 1. The molecule has 10 heteroatoms. The smallest absolute Gasteiger partial charge is 0.324 e. The Bertz CT molecular complexity index is 1050. The number of imide groups is 1. The summed E-state index contributed by atoms with van der Waals surface area (Å²) in [6.07, 6.45) is 0.818. The number of ether oxygens (including phenoxy) is 1. The van der Waals surface area contributed by atoms with Crippen molar-refractivity contribution in [2.45, 2.75) is 23.8 Å². The number of hydrogen-bond donors (Lipinski definition) is 1. The molecule has 0 atom stereocenters. The van der Waals surface area contributed by atoms with Gasteiger partial charge in [-0.25, -0.2) is 13.2 Å². The van der Waals surface area contributed by atoms with Gasteiger partial charge in [0.05, 0.1) is 16.5 Å². The molecule has 8 nitrogen and oxygen atoms in total. The Labute approximate surface area is 179 Å². The van der Waals surface area contributed by atoms with E-state index in [1.165, 1.54) is 21.3 Å². The molecule has 4 rings (SSSR count). The fraction of sp³-hybridized carbons (Fsp3) is 0.300. The molecule has 0 aliphatic carbocycles. The SMILES string of the molecule is O=C1CNC(=O)N1C1CCN(S(=O)(=O)c2ccc(Oc3ccccc3Cl)cc2)CC1. The van der Waals surface area contributed by atoms with Crippen molar-refractivity contribution in [2.75, 3.05) is 19.6 Å². The van der Waals surface area contributed by atoms with Gasteiger partial charge in [-0.2, -0.15) is 4.31 Å². The molecular weight excluding hydrogens is 430 g/mol. The molecule has 0 aromatic heterocycles. The van der Waals surface area contributed by atoms with Gasteiger partial charge in [-0.1, -0.05) is 23.7 Å². The van der Waals surface area contributed by atoms with Crippen molar-refractivity contribution in [3.8, 4) is 11.5 Å². The van der Waals surface area contributed by atoms with Crippen molar-refractivity contribution in [1.82, 2.24) is 14.5 Å². The van der Waals surface area contributed by atoms with E-state index in [0.29, 0.717) is 29.4 Å². The van der Waals surface area contributed by atoms with Crippen molar-refractivity contribution in [2.24, 2.45) is 0 Å². The lowest BCUT2D eigenvalue weighted by molar-refractivity contribution is -0.127. The van der Waals surface area contributed by atoms with Crippen LogP contribution in [0, 0.1) is 0 Å². The van der Waals surface area contributed by atoms with E-state index in [-0.39, 0.29) is 36.5 Å². The molecule has 2 aromatic rings. The Morgan fingerprint density at radius 1 is 1.00 bits per heavy atom. The number of benzene rings is 2. The molecule has 0 saturated carbocycles. The number of nitrogens with one attached hydrogen (secondary N) is 1. The van der Waals surface area contributed by atoms with Gasteiger partial charge in [0.2, 0.25) is 15.9 Å². The maximum absolute atomic E-state index is 13.0. The summed E-state index contributed by atoms with van der Waals surface area (Å²) in [4.78, 5) is 25.0. The Balaban J connectivity index is 1.42. The lowest BCUT2D eigenvalue weighted by atomic mass is 10.1. The van der Waals surface area contributed by atoms with Crippen molar-refractivity contribution in [3.05, 3.63) is 53.6 Å². The summed E-state index contributed by atoms with van der Waals surface area (Å²) in [6.45, 7) is 0.476. The van der Waals surface area contributed by atoms with E-state index in [1.54, 1.807) is 36.4 Å². The Kier molecular flexibility index (Phi) is 5.68. The molecule has 2 saturated heterocycles. The summed E-state index contributed by atoms with van der Waals surface area (Å²) in [5.74, 6) is 0.687. The number of carbonyl (C=O) groups excluding carboxylic acids is 2. The van der Waals surface area contributed by atoms with E-state index >= 15 is 0 Å². The van der Waals surface area contributed by atoms with E-state index in [9.17, 15) is 18.0 Å². The second-order valence-electron chi connectivity index (χ2n) is 7.06. The molecule has 2 aliphatic rings. The number of amides is 3. The molecule has 0 unspecified atom stereocenters. The quantitative estimate of drug-likeness (QED) is 0.708. The highest BCUT2D eigenvalue weighted by Crippen LogP contribution is 2.30. The van der Waals surface area contributed by atoms with Gasteiger partial charge in [-0.3, -0.25) is 9.69 Å². The first-order valence-corrected chi connectivity index (χ1v) is 11.3. The topological polar surface area (TPSA) is 96.0 Å². The molecule has 0 radical (unpaired) electrons. The van der Waals surface area contributed by atoms with E-state index in [1.807, 2.05) is 0 Å². The van der Waals surface area contributed by atoms with Gasteiger partial charge >= 0.3 is 6.03 Å².